The van der Waals surface area contributed by atoms with Crippen LogP contribution in [0, 0.1) is 0 Å². The molecular formula is C27H32O2SSi. The van der Waals surface area contributed by atoms with Crippen LogP contribution in [0.15, 0.2) is 108 Å². The van der Waals surface area contributed by atoms with E-state index in [-0.39, 0.29) is 0 Å². The second-order valence-corrected chi connectivity index (χ2v) is 17.2. The fourth-order valence-corrected chi connectivity index (χ4v) is 6.60. The van der Waals surface area contributed by atoms with Gasteiger partial charge in [0.1, 0.15) is 4.75 Å². The molecule has 0 atom stereocenters. The third-order valence-corrected chi connectivity index (χ3v) is 9.28. The van der Waals surface area contributed by atoms with Crippen molar-refractivity contribution in [3.8, 4) is 0 Å². The molecular weight excluding hydrogens is 416 g/mol. The van der Waals surface area contributed by atoms with E-state index < -0.39 is 22.7 Å². The Bertz CT molecular complexity index is 1040. The van der Waals surface area contributed by atoms with Crippen LogP contribution in [0.1, 0.15) is 11.1 Å². The minimum atomic E-state index is -3.65. The number of sulfone groups is 1. The highest BCUT2D eigenvalue weighted by Crippen LogP contribution is 2.35. The predicted molar refractivity (Wildman–Crippen MR) is 134 cm³/mol. The van der Waals surface area contributed by atoms with Crippen molar-refractivity contribution in [2.24, 2.45) is 0 Å². The molecule has 2 nitrogen and oxygen atoms in total. The molecule has 3 aromatic rings. The minimum absolute atomic E-state index is 0.375. The Morgan fingerprint density at radius 3 is 1.55 bits per heavy atom. The van der Waals surface area contributed by atoms with E-state index in [9.17, 15) is 8.42 Å². The molecule has 162 valence electrons. The minimum Gasteiger partial charge on any atom is -0.223 e. The molecule has 0 fully saturated rings. The molecule has 0 saturated heterocycles. The van der Waals surface area contributed by atoms with Gasteiger partial charge in [-0.2, -0.15) is 0 Å². The molecule has 0 N–H and O–H groups in total. The highest BCUT2D eigenvalue weighted by atomic mass is 32.2. The first-order valence-corrected chi connectivity index (χ1v) is 16.0. The van der Waals surface area contributed by atoms with Crippen molar-refractivity contribution in [1.29, 1.82) is 0 Å². The maximum atomic E-state index is 14.2. The third-order valence-electron chi connectivity index (χ3n) is 5.43. The molecule has 0 aromatic heterocycles. The normalized spacial score (nSPS) is 12.9. The summed E-state index contributed by atoms with van der Waals surface area (Å²) in [5, 5.41) is 0. The SMILES string of the molecule is C[Si](C)(C)C/C=C/C(Cc1ccccc1)(Cc1ccccc1)S(=O)(=O)c1ccccc1. The van der Waals surface area contributed by atoms with Crippen LogP contribution in [0.3, 0.4) is 0 Å². The van der Waals surface area contributed by atoms with Gasteiger partial charge < -0.3 is 0 Å². The molecule has 4 heteroatoms. The highest BCUT2D eigenvalue weighted by Gasteiger charge is 2.42. The molecule has 0 bridgehead atoms. The molecule has 0 amide bonds. The third kappa shape index (κ3) is 6.05. The lowest BCUT2D eigenvalue weighted by atomic mass is 9.91. The van der Waals surface area contributed by atoms with Gasteiger partial charge in [-0.05, 0) is 42.1 Å². The van der Waals surface area contributed by atoms with Gasteiger partial charge in [-0.3, -0.25) is 0 Å². The van der Waals surface area contributed by atoms with Crippen LogP contribution in [-0.2, 0) is 22.7 Å². The summed E-state index contributed by atoms with van der Waals surface area (Å²) < 4.78 is 27.3. The number of benzene rings is 3. The van der Waals surface area contributed by atoms with E-state index in [0.717, 1.165) is 17.2 Å². The number of allylic oxidation sites excluding steroid dienone is 1. The first-order valence-electron chi connectivity index (χ1n) is 10.8. The topological polar surface area (TPSA) is 34.1 Å². The fourth-order valence-electron chi connectivity index (χ4n) is 3.80. The number of hydrogen-bond acceptors (Lipinski definition) is 2. The molecule has 0 aliphatic heterocycles. The average molecular weight is 449 g/mol. The van der Waals surface area contributed by atoms with Gasteiger partial charge in [0.05, 0.1) is 4.90 Å². The zero-order chi connectivity index (χ0) is 22.4. The van der Waals surface area contributed by atoms with Crippen molar-refractivity contribution in [1.82, 2.24) is 0 Å². The lowest BCUT2D eigenvalue weighted by molar-refractivity contribution is 0.545. The van der Waals surface area contributed by atoms with Crippen molar-refractivity contribution in [2.75, 3.05) is 0 Å². The van der Waals surface area contributed by atoms with E-state index in [0.29, 0.717) is 17.7 Å². The van der Waals surface area contributed by atoms with Crippen molar-refractivity contribution in [3.63, 3.8) is 0 Å². The van der Waals surface area contributed by atoms with Crippen molar-refractivity contribution in [2.45, 2.75) is 48.2 Å². The standard InChI is InChI=1S/C27H32O2SSi/c1-31(2,3)21-13-20-27(22-24-14-7-4-8-15-24,23-25-16-9-5-10-17-25)30(28,29)26-18-11-6-12-19-26/h4-20H,21-23H2,1-3H3/b20-13+. The Hall–Kier alpha value is -2.43. The van der Waals surface area contributed by atoms with Gasteiger partial charge >= 0.3 is 0 Å². The van der Waals surface area contributed by atoms with E-state index in [1.54, 1.807) is 24.3 Å². The molecule has 31 heavy (non-hydrogen) atoms. The lowest BCUT2D eigenvalue weighted by Gasteiger charge is -2.32. The molecule has 0 unspecified atom stereocenters. The maximum absolute atomic E-state index is 14.2. The fraction of sp³-hybridized carbons (Fsp3) is 0.259. The Balaban J connectivity index is 2.18. The van der Waals surface area contributed by atoms with Crippen LogP contribution in [0.2, 0.25) is 25.7 Å². The van der Waals surface area contributed by atoms with Gasteiger partial charge in [-0.25, -0.2) is 8.42 Å². The Morgan fingerprint density at radius 1 is 0.710 bits per heavy atom. The smallest absolute Gasteiger partial charge is 0.188 e. The molecule has 0 aliphatic rings. The van der Waals surface area contributed by atoms with Crippen LogP contribution in [-0.4, -0.2) is 21.2 Å². The molecule has 0 spiro atoms. The summed E-state index contributed by atoms with van der Waals surface area (Å²) in [5.74, 6) is 0. The zero-order valence-electron chi connectivity index (χ0n) is 18.7. The summed E-state index contributed by atoms with van der Waals surface area (Å²) in [4.78, 5) is 0.375. The van der Waals surface area contributed by atoms with E-state index in [1.807, 2.05) is 72.8 Å². The number of hydrogen-bond donors (Lipinski definition) is 0. The lowest BCUT2D eigenvalue weighted by Crippen LogP contribution is -2.41. The zero-order valence-corrected chi connectivity index (χ0v) is 20.5. The first-order chi connectivity index (χ1) is 14.7. The van der Waals surface area contributed by atoms with Crippen molar-refractivity contribution < 1.29 is 8.42 Å². The summed E-state index contributed by atoms with van der Waals surface area (Å²) in [7, 11) is -5.01. The summed E-state index contributed by atoms with van der Waals surface area (Å²) in [6.07, 6.45) is 4.98. The maximum Gasteiger partial charge on any atom is 0.188 e. The Morgan fingerprint density at radius 2 is 1.13 bits per heavy atom. The molecule has 3 rings (SSSR count). The molecule has 0 saturated carbocycles. The first kappa shape index (κ1) is 23.2. The second-order valence-electron chi connectivity index (χ2n) is 9.37. The molecule has 0 heterocycles. The average Bonchev–Trinajstić information content (AvgIpc) is 2.74. The van der Waals surface area contributed by atoms with Gasteiger partial charge in [0.25, 0.3) is 0 Å². The molecule has 0 radical (unpaired) electrons. The van der Waals surface area contributed by atoms with Crippen LogP contribution in [0.25, 0.3) is 0 Å². The number of rotatable bonds is 9. The van der Waals surface area contributed by atoms with Crippen LogP contribution < -0.4 is 0 Å². The molecule has 0 aliphatic carbocycles. The van der Waals surface area contributed by atoms with E-state index in [1.165, 1.54) is 0 Å². The highest BCUT2D eigenvalue weighted by molar-refractivity contribution is 7.93. The van der Waals surface area contributed by atoms with Gasteiger partial charge in [0.15, 0.2) is 9.84 Å². The summed E-state index contributed by atoms with van der Waals surface area (Å²) in [6.45, 7) is 6.91. The van der Waals surface area contributed by atoms with E-state index in [4.69, 9.17) is 0 Å². The van der Waals surface area contributed by atoms with Gasteiger partial charge in [0, 0.05) is 8.07 Å². The van der Waals surface area contributed by atoms with Crippen LogP contribution in [0.5, 0.6) is 0 Å². The largest absolute Gasteiger partial charge is 0.223 e. The van der Waals surface area contributed by atoms with Crippen molar-refractivity contribution >= 4 is 17.9 Å². The molecule has 3 aromatic carbocycles. The monoisotopic (exact) mass is 448 g/mol. The van der Waals surface area contributed by atoms with Gasteiger partial charge in [-0.1, -0.05) is 111 Å². The van der Waals surface area contributed by atoms with E-state index in [2.05, 4.69) is 25.7 Å². The van der Waals surface area contributed by atoms with E-state index >= 15 is 0 Å². The summed E-state index contributed by atoms with van der Waals surface area (Å²) in [6, 6.07) is 29.8. The van der Waals surface area contributed by atoms with Crippen molar-refractivity contribution in [3.05, 3.63) is 114 Å². The quantitative estimate of drug-likeness (QED) is 0.274. The second kappa shape index (κ2) is 9.80. The van der Waals surface area contributed by atoms with Crippen LogP contribution in [0.4, 0.5) is 0 Å². The van der Waals surface area contributed by atoms with Gasteiger partial charge in [-0.15, -0.1) is 0 Å². The summed E-state index contributed by atoms with van der Waals surface area (Å²) in [5.41, 5.74) is 2.05. The van der Waals surface area contributed by atoms with Gasteiger partial charge in [0.2, 0.25) is 0 Å². The van der Waals surface area contributed by atoms with Crippen LogP contribution >= 0.6 is 0 Å². The Labute approximate surface area is 188 Å². The predicted octanol–water partition coefficient (Wildman–Crippen LogP) is 6.58. The summed E-state index contributed by atoms with van der Waals surface area (Å²) >= 11 is 0. The Kier molecular flexibility index (Phi) is 7.34.